The topological polar surface area (TPSA) is 72.5 Å². The van der Waals surface area contributed by atoms with Crippen molar-refractivity contribution in [2.75, 3.05) is 6.54 Å². The minimum absolute atomic E-state index is 0.00552. The molecule has 5 nitrogen and oxygen atoms in total. The normalized spacial score (nSPS) is 42.1. The lowest BCUT2D eigenvalue weighted by Gasteiger charge is -2.58. The molecule has 198 valence electrons. The van der Waals surface area contributed by atoms with E-state index in [0.29, 0.717) is 36.0 Å². The number of amides is 1. The van der Waals surface area contributed by atoms with Crippen LogP contribution in [-0.4, -0.2) is 30.3 Å². The van der Waals surface area contributed by atoms with E-state index in [1.807, 2.05) is 0 Å². The largest absolute Gasteiger partial charge is 0.462 e. The van der Waals surface area contributed by atoms with Gasteiger partial charge in [-0.25, -0.2) is 0 Å². The van der Waals surface area contributed by atoms with Gasteiger partial charge in [0, 0.05) is 32.7 Å². The van der Waals surface area contributed by atoms with Crippen molar-refractivity contribution in [2.45, 2.75) is 99.0 Å². The molecule has 36 heavy (non-hydrogen) atoms. The Morgan fingerprint density at radius 2 is 1.89 bits per heavy atom. The summed E-state index contributed by atoms with van der Waals surface area (Å²) in [5, 5.41) is 2.94. The lowest BCUT2D eigenvalue weighted by atomic mass is 9.47. The van der Waals surface area contributed by atoms with Crippen LogP contribution in [0.1, 0.15) is 92.9 Å². The molecule has 0 aromatic rings. The van der Waals surface area contributed by atoms with Gasteiger partial charge < -0.3 is 10.1 Å². The number of allylic oxidation sites excluding steroid dienone is 3. The van der Waals surface area contributed by atoms with E-state index in [2.05, 4.69) is 39.1 Å². The SMILES string of the molecule is CC(=O)NCC(C)CC1=C2CC3C4CC=C5CC(OC(C)=O)CC[C@]5(C)C4CC[C@]3(C)C2C(C)C1=O. The van der Waals surface area contributed by atoms with Crippen LogP contribution in [0.15, 0.2) is 22.8 Å². The minimum Gasteiger partial charge on any atom is -0.462 e. The Balaban J connectivity index is 1.40. The maximum Gasteiger partial charge on any atom is 0.302 e. The Hall–Kier alpha value is -1.91. The second-order valence-corrected chi connectivity index (χ2v) is 13.4. The maximum absolute atomic E-state index is 13.4. The van der Waals surface area contributed by atoms with Gasteiger partial charge in [0.05, 0.1) is 0 Å². The molecular formula is C31H45NO4. The van der Waals surface area contributed by atoms with E-state index in [1.54, 1.807) is 6.92 Å². The van der Waals surface area contributed by atoms with Crippen molar-refractivity contribution in [3.63, 3.8) is 0 Å². The van der Waals surface area contributed by atoms with Crippen LogP contribution < -0.4 is 5.32 Å². The summed E-state index contributed by atoms with van der Waals surface area (Å²) >= 11 is 0. The van der Waals surface area contributed by atoms with Crippen molar-refractivity contribution >= 4 is 17.7 Å². The van der Waals surface area contributed by atoms with Crippen molar-refractivity contribution in [2.24, 2.45) is 46.3 Å². The Bertz CT molecular complexity index is 1030. The van der Waals surface area contributed by atoms with Gasteiger partial charge in [0.25, 0.3) is 0 Å². The van der Waals surface area contributed by atoms with Crippen molar-refractivity contribution in [3.8, 4) is 0 Å². The molecule has 0 saturated heterocycles. The molecule has 0 bridgehead atoms. The summed E-state index contributed by atoms with van der Waals surface area (Å²) in [6.45, 7) is 13.0. The predicted molar refractivity (Wildman–Crippen MR) is 140 cm³/mol. The molecule has 0 aliphatic heterocycles. The van der Waals surface area contributed by atoms with E-state index < -0.39 is 0 Å². The quantitative estimate of drug-likeness (QED) is 0.387. The molecule has 3 saturated carbocycles. The van der Waals surface area contributed by atoms with E-state index in [1.165, 1.54) is 30.9 Å². The van der Waals surface area contributed by atoms with E-state index in [-0.39, 0.29) is 40.6 Å². The highest BCUT2D eigenvalue weighted by Crippen LogP contribution is 2.70. The van der Waals surface area contributed by atoms with E-state index >= 15 is 0 Å². The minimum atomic E-state index is -0.164. The molecule has 0 aromatic carbocycles. The molecule has 0 aromatic heterocycles. The van der Waals surface area contributed by atoms with Gasteiger partial charge in [-0.2, -0.15) is 0 Å². The third kappa shape index (κ3) is 4.00. The van der Waals surface area contributed by atoms with Gasteiger partial charge in [0.15, 0.2) is 5.78 Å². The number of rotatable bonds is 5. The van der Waals surface area contributed by atoms with E-state index in [9.17, 15) is 14.4 Å². The van der Waals surface area contributed by atoms with Gasteiger partial charge in [0.1, 0.15) is 6.10 Å². The molecule has 5 aliphatic carbocycles. The first-order valence-electron chi connectivity index (χ1n) is 14.3. The third-order valence-corrected chi connectivity index (χ3v) is 11.2. The highest BCUT2D eigenvalue weighted by molar-refractivity contribution is 6.01. The zero-order valence-electron chi connectivity index (χ0n) is 23.1. The lowest BCUT2D eigenvalue weighted by Crippen LogP contribution is -2.51. The van der Waals surface area contributed by atoms with Gasteiger partial charge in [-0.05, 0) is 90.9 Å². The van der Waals surface area contributed by atoms with Crippen LogP contribution in [-0.2, 0) is 19.1 Å². The lowest BCUT2D eigenvalue weighted by molar-refractivity contribution is -0.148. The summed E-state index contributed by atoms with van der Waals surface area (Å²) in [5.41, 5.74) is 4.50. The summed E-state index contributed by atoms with van der Waals surface area (Å²) in [6.07, 6.45) is 11.0. The number of ketones is 1. The summed E-state index contributed by atoms with van der Waals surface area (Å²) in [7, 11) is 0. The Labute approximate surface area is 216 Å². The van der Waals surface area contributed by atoms with Gasteiger partial charge in [-0.15, -0.1) is 0 Å². The monoisotopic (exact) mass is 495 g/mol. The number of hydrogen-bond acceptors (Lipinski definition) is 4. The van der Waals surface area contributed by atoms with Gasteiger partial charge >= 0.3 is 5.97 Å². The number of ether oxygens (including phenoxy) is 1. The Morgan fingerprint density at radius 1 is 1.14 bits per heavy atom. The van der Waals surface area contributed by atoms with Crippen LogP contribution in [0, 0.1) is 46.3 Å². The van der Waals surface area contributed by atoms with Crippen LogP contribution in [0.4, 0.5) is 0 Å². The molecular weight excluding hydrogens is 450 g/mol. The number of carbonyl (C=O) groups excluding carboxylic acids is 3. The Kier molecular flexibility index (Phi) is 6.53. The molecule has 0 radical (unpaired) electrons. The number of esters is 1. The van der Waals surface area contributed by atoms with Crippen LogP contribution >= 0.6 is 0 Å². The zero-order valence-corrected chi connectivity index (χ0v) is 23.1. The van der Waals surface area contributed by atoms with Crippen LogP contribution in [0.25, 0.3) is 0 Å². The Morgan fingerprint density at radius 3 is 2.58 bits per heavy atom. The molecule has 5 heteroatoms. The molecule has 0 heterocycles. The molecule has 3 fully saturated rings. The third-order valence-electron chi connectivity index (χ3n) is 11.2. The van der Waals surface area contributed by atoms with Gasteiger partial charge in [-0.1, -0.05) is 44.9 Å². The summed E-state index contributed by atoms with van der Waals surface area (Å²) in [5.74, 6) is 2.91. The van der Waals surface area contributed by atoms with E-state index in [0.717, 1.165) is 44.1 Å². The number of nitrogens with one attached hydrogen (secondary N) is 1. The standard InChI is InChI=1S/C31H45NO4/c1-17(16-32-19(3)33)13-25-24-15-27-23-8-7-21-14-22(36-20(4)34)9-11-30(21,5)26(23)10-12-31(27,6)28(24)18(2)29(25)35/h7,17-18,22-23,26-28H,8-16H2,1-6H3,(H,32,33)/t17?,18?,22?,23?,26?,27?,28?,30-,31-/m0/s1. The first kappa shape index (κ1) is 25.7. The fourth-order valence-corrected chi connectivity index (χ4v) is 9.58. The smallest absolute Gasteiger partial charge is 0.302 e. The van der Waals surface area contributed by atoms with Crippen LogP contribution in [0.3, 0.4) is 0 Å². The fourth-order valence-electron chi connectivity index (χ4n) is 9.58. The number of carbonyl (C=O) groups is 3. The molecule has 9 atom stereocenters. The van der Waals surface area contributed by atoms with Gasteiger partial charge in [-0.3, -0.25) is 14.4 Å². The highest BCUT2D eigenvalue weighted by atomic mass is 16.5. The number of Topliss-reactive ketones (excluding diaryl/α,β-unsaturated/α-hetero) is 1. The average Bonchev–Trinajstić information content (AvgIpc) is 3.24. The molecule has 0 spiro atoms. The van der Waals surface area contributed by atoms with Crippen molar-refractivity contribution in [3.05, 3.63) is 22.8 Å². The predicted octanol–water partition coefficient (Wildman–Crippen LogP) is 5.78. The molecule has 1 N–H and O–H groups in total. The van der Waals surface area contributed by atoms with Crippen LogP contribution in [0.5, 0.6) is 0 Å². The highest BCUT2D eigenvalue weighted by Gasteiger charge is 2.63. The second-order valence-electron chi connectivity index (χ2n) is 13.4. The van der Waals surface area contributed by atoms with Gasteiger partial charge in [0.2, 0.25) is 5.91 Å². The second kappa shape index (κ2) is 9.13. The van der Waals surface area contributed by atoms with Crippen molar-refractivity contribution in [1.82, 2.24) is 5.32 Å². The van der Waals surface area contributed by atoms with Crippen molar-refractivity contribution in [1.29, 1.82) is 0 Å². The first-order valence-corrected chi connectivity index (χ1v) is 14.3. The van der Waals surface area contributed by atoms with E-state index in [4.69, 9.17) is 4.74 Å². The molecule has 5 aliphatic rings. The van der Waals surface area contributed by atoms with Crippen LogP contribution in [0.2, 0.25) is 0 Å². The number of hydrogen-bond donors (Lipinski definition) is 1. The molecule has 7 unspecified atom stereocenters. The average molecular weight is 496 g/mol. The summed E-state index contributed by atoms with van der Waals surface area (Å²) in [4.78, 5) is 36.4. The fraction of sp³-hybridized carbons (Fsp3) is 0.774. The summed E-state index contributed by atoms with van der Waals surface area (Å²) < 4.78 is 5.61. The zero-order chi connectivity index (χ0) is 26.0. The number of fused-ring (bicyclic) bond motifs is 7. The molecule has 5 rings (SSSR count). The maximum atomic E-state index is 13.4. The first-order chi connectivity index (χ1) is 17.0. The summed E-state index contributed by atoms with van der Waals surface area (Å²) in [6, 6.07) is 0. The molecule has 1 amide bonds. The van der Waals surface area contributed by atoms with Crippen molar-refractivity contribution < 1.29 is 19.1 Å².